The number of imide groups is 1. The Hall–Kier alpha value is -3.88. The Balaban J connectivity index is 1.69. The van der Waals surface area contributed by atoms with Gasteiger partial charge in [-0.3, -0.25) is 34.2 Å². The predicted molar refractivity (Wildman–Crippen MR) is 98.2 cm³/mol. The van der Waals surface area contributed by atoms with Crippen LogP contribution >= 0.6 is 0 Å². The van der Waals surface area contributed by atoms with Crippen molar-refractivity contribution in [3.63, 3.8) is 0 Å². The average molecular weight is 381 g/mol. The number of benzene rings is 2. The number of hydrogen-bond donors (Lipinski definition) is 1. The van der Waals surface area contributed by atoms with Gasteiger partial charge in [-0.25, -0.2) is 0 Å². The zero-order valence-corrected chi connectivity index (χ0v) is 14.8. The lowest BCUT2D eigenvalue weighted by molar-refractivity contribution is -0.385. The third-order valence-electron chi connectivity index (χ3n) is 4.29. The van der Waals surface area contributed by atoms with E-state index in [1.807, 2.05) is 0 Å². The number of nitrogens with zero attached hydrogens (tertiary/aromatic N) is 2. The largest absolute Gasteiger partial charge is 0.326 e. The highest BCUT2D eigenvalue weighted by Gasteiger charge is 2.40. The molecule has 0 fully saturated rings. The SMILES string of the molecule is CC(=O)c1cccc(NC(=O)CCN2C(=O)c3cccc([N+](=O)[O-])c3C2=O)c1. The van der Waals surface area contributed by atoms with Crippen LogP contribution in [0.4, 0.5) is 11.4 Å². The standard InChI is InChI=1S/C19H15N3O6/c1-11(23)12-4-2-5-13(10-12)20-16(24)8-9-21-18(25)14-6-3-7-15(22(27)28)17(14)19(21)26/h2-7,10H,8-9H2,1H3,(H,20,24). The number of anilines is 1. The number of ketones is 1. The smallest absolute Gasteiger partial charge is 0.282 e. The van der Waals surface area contributed by atoms with E-state index in [1.165, 1.54) is 25.1 Å². The van der Waals surface area contributed by atoms with Crippen molar-refractivity contribution in [3.8, 4) is 0 Å². The van der Waals surface area contributed by atoms with E-state index in [2.05, 4.69) is 5.32 Å². The number of amides is 3. The second-order valence-electron chi connectivity index (χ2n) is 6.15. The summed E-state index contributed by atoms with van der Waals surface area (Å²) in [6, 6.07) is 10.2. The van der Waals surface area contributed by atoms with Crippen LogP contribution in [-0.4, -0.2) is 39.9 Å². The number of fused-ring (bicyclic) bond motifs is 1. The molecule has 142 valence electrons. The lowest BCUT2D eigenvalue weighted by Crippen LogP contribution is -2.33. The third kappa shape index (κ3) is 3.50. The number of carbonyl (C=O) groups excluding carboxylic acids is 4. The monoisotopic (exact) mass is 381 g/mol. The topological polar surface area (TPSA) is 127 Å². The number of rotatable bonds is 6. The first-order chi connectivity index (χ1) is 13.3. The van der Waals surface area contributed by atoms with Crippen LogP contribution in [0.2, 0.25) is 0 Å². The zero-order valence-electron chi connectivity index (χ0n) is 14.8. The number of nitro groups is 1. The van der Waals surface area contributed by atoms with Gasteiger partial charge < -0.3 is 5.32 Å². The summed E-state index contributed by atoms with van der Waals surface area (Å²) < 4.78 is 0. The van der Waals surface area contributed by atoms with Crippen LogP contribution in [0.3, 0.4) is 0 Å². The molecule has 1 heterocycles. The molecule has 0 saturated heterocycles. The molecule has 1 aliphatic rings. The summed E-state index contributed by atoms with van der Waals surface area (Å²) in [6.07, 6.45) is -0.191. The fourth-order valence-electron chi connectivity index (χ4n) is 2.92. The molecule has 3 amide bonds. The fourth-order valence-corrected chi connectivity index (χ4v) is 2.92. The van der Waals surface area contributed by atoms with Crippen LogP contribution in [0, 0.1) is 10.1 Å². The maximum absolute atomic E-state index is 12.5. The number of nitro benzene ring substituents is 1. The van der Waals surface area contributed by atoms with Crippen LogP contribution in [0.15, 0.2) is 42.5 Å². The summed E-state index contributed by atoms with van der Waals surface area (Å²) in [7, 11) is 0. The van der Waals surface area contributed by atoms with Crippen molar-refractivity contribution in [1.82, 2.24) is 4.90 Å². The molecule has 1 aliphatic heterocycles. The number of hydrogen-bond acceptors (Lipinski definition) is 6. The molecule has 0 aromatic heterocycles. The van der Waals surface area contributed by atoms with Gasteiger partial charge in [0.15, 0.2) is 5.78 Å². The quantitative estimate of drug-likeness (QED) is 0.354. The minimum atomic E-state index is -0.793. The molecular weight excluding hydrogens is 366 g/mol. The highest BCUT2D eigenvalue weighted by atomic mass is 16.6. The number of nitrogens with one attached hydrogen (secondary N) is 1. The van der Waals surface area contributed by atoms with E-state index < -0.39 is 28.3 Å². The lowest BCUT2D eigenvalue weighted by Gasteiger charge is -2.13. The van der Waals surface area contributed by atoms with Crippen molar-refractivity contribution in [2.75, 3.05) is 11.9 Å². The van der Waals surface area contributed by atoms with Crippen molar-refractivity contribution < 1.29 is 24.1 Å². The highest BCUT2D eigenvalue weighted by Crippen LogP contribution is 2.30. The van der Waals surface area contributed by atoms with Gasteiger partial charge in [0.25, 0.3) is 17.5 Å². The molecule has 0 atom stereocenters. The van der Waals surface area contributed by atoms with Crippen LogP contribution in [0.25, 0.3) is 0 Å². The van der Waals surface area contributed by atoms with Gasteiger partial charge in [-0.05, 0) is 25.1 Å². The Bertz CT molecular complexity index is 1030. The molecule has 2 aromatic rings. The molecular formula is C19H15N3O6. The Morgan fingerprint density at radius 2 is 1.82 bits per heavy atom. The van der Waals surface area contributed by atoms with E-state index >= 15 is 0 Å². The van der Waals surface area contributed by atoms with Crippen LogP contribution in [0.5, 0.6) is 0 Å². The average Bonchev–Trinajstić information content (AvgIpc) is 2.90. The van der Waals surface area contributed by atoms with Crippen molar-refractivity contribution in [2.24, 2.45) is 0 Å². The molecule has 0 unspecified atom stereocenters. The molecule has 2 aromatic carbocycles. The fraction of sp³-hybridized carbons (Fsp3) is 0.158. The van der Waals surface area contributed by atoms with Crippen molar-refractivity contribution >= 4 is 34.9 Å². The Kier molecular flexibility index (Phi) is 4.99. The van der Waals surface area contributed by atoms with Gasteiger partial charge in [-0.2, -0.15) is 0 Å². The summed E-state index contributed by atoms with van der Waals surface area (Å²) in [5.41, 5.74) is 0.103. The molecule has 0 saturated carbocycles. The van der Waals surface area contributed by atoms with E-state index in [1.54, 1.807) is 18.2 Å². The van der Waals surface area contributed by atoms with E-state index in [9.17, 15) is 29.3 Å². The van der Waals surface area contributed by atoms with Gasteiger partial charge >= 0.3 is 0 Å². The van der Waals surface area contributed by atoms with Crippen molar-refractivity contribution in [2.45, 2.75) is 13.3 Å². The van der Waals surface area contributed by atoms with E-state index in [4.69, 9.17) is 0 Å². The van der Waals surface area contributed by atoms with Crippen LogP contribution < -0.4 is 5.32 Å². The lowest BCUT2D eigenvalue weighted by atomic mass is 10.1. The van der Waals surface area contributed by atoms with Gasteiger partial charge in [-0.15, -0.1) is 0 Å². The highest BCUT2D eigenvalue weighted by molar-refractivity contribution is 6.23. The molecule has 0 bridgehead atoms. The van der Waals surface area contributed by atoms with E-state index in [-0.39, 0.29) is 29.9 Å². The summed E-state index contributed by atoms with van der Waals surface area (Å²) in [5, 5.41) is 13.7. The minimum absolute atomic E-state index is 0.0474. The first-order valence-electron chi connectivity index (χ1n) is 8.34. The summed E-state index contributed by atoms with van der Waals surface area (Å²) in [4.78, 5) is 59.6. The summed E-state index contributed by atoms with van der Waals surface area (Å²) in [6.45, 7) is 1.18. The Labute approximate surface area is 159 Å². The van der Waals surface area contributed by atoms with Gasteiger partial charge in [0, 0.05) is 30.3 Å². The second kappa shape index (κ2) is 7.39. The zero-order chi connectivity index (χ0) is 20.4. The predicted octanol–water partition coefficient (Wildman–Crippen LogP) is 2.42. The molecule has 0 aliphatic carbocycles. The molecule has 0 spiro atoms. The van der Waals surface area contributed by atoms with Gasteiger partial charge in [0.05, 0.1) is 10.5 Å². The first kappa shape index (κ1) is 18.9. The summed E-state index contributed by atoms with van der Waals surface area (Å²) >= 11 is 0. The molecule has 9 nitrogen and oxygen atoms in total. The first-order valence-corrected chi connectivity index (χ1v) is 8.34. The number of carbonyl (C=O) groups is 4. The molecule has 0 radical (unpaired) electrons. The third-order valence-corrected chi connectivity index (χ3v) is 4.29. The summed E-state index contributed by atoms with van der Waals surface area (Å²) in [5.74, 6) is -2.08. The minimum Gasteiger partial charge on any atom is -0.326 e. The van der Waals surface area contributed by atoms with Crippen LogP contribution in [0.1, 0.15) is 44.4 Å². The molecule has 1 N–H and O–H groups in total. The second-order valence-corrected chi connectivity index (χ2v) is 6.15. The van der Waals surface area contributed by atoms with Crippen molar-refractivity contribution in [1.29, 1.82) is 0 Å². The maximum atomic E-state index is 12.5. The molecule has 3 rings (SSSR count). The van der Waals surface area contributed by atoms with Crippen LogP contribution in [-0.2, 0) is 4.79 Å². The van der Waals surface area contributed by atoms with E-state index in [0.29, 0.717) is 11.3 Å². The van der Waals surface area contributed by atoms with E-state index in [0.717, 1.165) is 11.0 Å². The molecule has 9 heteroatoms. The number of Topliss-reactive ketones (excluding diaryl/α,β-unsaturated/α-hetero) is 1. The normalized spacial score (nSPS) is 12.7. The maximum Gasteiger partial charge on any atom is 0.282 e. The molecule has 28 heavy (non-hydrogen) atoms. The van der Waals surface area contributed by atoms with Gasteiger partial charge in [0.1, 0.15) is 5.56 Å². The van der Waals surface area contributed by atoms with Crippen molar-refractivity contribution in [3.05, 3.63) is 69.3 Å². The Morgan fingerprint density at radius 1 is 1.11 bits per heavy atom. The van der Waals surface area contributed by atoms with Gasteiger partial charge in [-0.1, -0.05) is 18.2 Å². The Morgan fingerprint density at radius 3 is 2.50 bits per heavy atom. The van der Waals surface area contributed by atoms with Gasteiger partial charge in [0.2, 0.25) is 5.91 Å².